The van der Waals surface area contributed by atoms with Gasteiger partial charge in [-0.3, -0.25) is 0 Å². The number of nitrogens with zero attached hydrogens (tertiary/aromatic N) is 3. The van der Waals surface area contributed by atoms with Gasteiger partial charge in [-0.1, -0.05) is 29.8 Å². The summed E-state index contributed by atoms with van der Waals surface area (Å²) in [4.78, 5) is 5.40. The zero-order valence-corrected chi connectivity index (χ0v) is 13.0. The highest BCUT2D eigenvalue weighted by Crippen LogP contribution is 2.32. The van der Waals surface area contributed by atoms with Crippen LogP contribution in [0.2, 0.25) is 5.15 Å². The van der Waals surface area contributed by atoms with E-state index >= 15 is 0 Å². The first-order valence-electron chi connectivity index (χ1n) is 6.59. The summed E-state index contributed by atoms with van der Waals surface area (Å²) in [7, 11) is 0. The highest BCUT2D eigenvalue weighted by molar-refractivity contribution is 7.10. The van der Waals surface area contributed by atoms with Crippen molar-refractivity contribution in [2.45, 2.75) is 13.5 Å². The van der Waals surface area contributed by atoms with Gasteiger partial charge in [-0.2, -0.15) is 9.64 Å². The third kappa shape index (κ3) is 2.48. The number of nitriles is 1. The molecule has 2 heterocycles. The minimum absolute atomic E-state index is 0.287. The first-order chi connectivity index (χ1) is 10.2. The number of H-pyrrole nitrogens is 1. The van der Waals surface area contributed by atoms with Crippen molar-refractivity contribution < 1.29 is 0 Å². The Morgan fingerprint density at radius 3 is 3.00 bits per heavy atom. The standard InChI is InChI=1S/C15H13ClN4S/c1-2-20(15-12(7-17)14(16)19-21-15)9-10-8-18-13-6-4-3-5-11(10)13/h3-6,8,18H,2,9H2,1H3. The molecule has 0 aliphatic heterocycles. The maximum absolute atomic E-state index is 9.23. The number of nitrogens with one attached hydrogen (secondary N) is 1. The summed E-state index contributed by atoms with van der Waals surface area (Å²) in [5.74, 6) is 0. The Labute approximate surface area is 131 Å². The lowest BCUT2D eigenvalue weighted by Crippen LogP contribution is -2.21. The van der Waals surface area contributed by atoms with Crippen LogP contribution in [0.4, 0.5) is 5.00 Å². The second kappa shape index (κ2) is 5.76. The van der Waals surface area contributed by atoms with Crippen LogP contribution in [0.15, 0.2) is 30.5 Å². The van der Waals surface area contributed by atoms with Gasteiger partial charge >= 0.3 is 0 Å². The fourth-order valence-electron chi connectivity index (χ4n) is 2.37. The van der Waals surface area contributed by atoms with Gasteiger partial charge in [0, 0.05) is 30.2 Å². The molecule has 4 nitrogen and oxygen atoms in total. The van der Waals surface area contributed by atoms with E-state index in [0.717, 1.165) is 17.1 Å². The van der Waals surface area contributed by atoms with Crippen LogP contribution in [0.5, 0.6) is 0 Å². The molecule has 0 fully saturated rings. The van der Waals surface area contributed by atoms with Crippen molar-refractivity contribution in [2.24, 2.45) is 0 Å². The van der Waals surface area contributed by atoms with Crippen LogP contribution in [0.25, 0.3) is 10.9 Å². The number of hydrogen-bond donors (Lipinski definition) is 1. The Morgan fingerprint density at radius 2 is 2.24 bits per heavy atom. The number of fused-ring (bicyclic) bond motifs is 1. The highest BCUT2D eigenvalue weighted by atomic mass is 35.5. The summed E-state index contributed by atoms with van der Waals surface area (Å²) in [5, 5.41) is 11.5. The Kier molecular flexibility index (Phi) is 3.82. The molecule has 0 spiro atoms. The third-order valence-electron chi connectivity index (χ3n) is 3.45. The van der Waals surface area contributed by atoms with Gasteiger partial charge < -0.3 is 9.88 Å². The van der Waals surface area contributed by atoms with Crippen LogP contribution in [-0.2, 0) is 6.54 Å². The molecule has 106 valence electrons. The van der Waals surface area contributed by atoms with E-state index in [1.54, 1.807) is 0 Å². The maximum atomic E-state index is 9.23. The van der Waals surface area contributed by atoms with E-state index < -0.39 is 0 Å². The first kappa shape index (κ1) is 13.9. The number of hydrogen-bond acceptors (Lipinski definition) is 4. The minimum Gasteiger partial charge on any atom is -0.361 e. The zero-order chi connectivity index (χ0) is 14.8. The van der Waals surface area contributed by atoms with E-state index in [-0.39, 0.29) is 5.15 Å². The Hall–Kier alpha value is -2.03. The molecule has 0 saturated carbocycles. The van der Waals surface area contributed by atoms with E-state index in [1.807, 2.05) is 18.3 Å². The quantitative estimate of drug-likeness (QED) is 0.785. The van der Waals surface area contributed by atoms with Crippen LogP contribution in [-0.4, -0.2) is 15.9 Å². The normalized spacial score (nSPS) is 10.7. The summed E-state index contributed by atoms with van der Waals surface area (Å²) in [6.45, 7) is 3.56. The van der Waals surface area contributed by atoms with Crippen molar-refractivity contribution in [2.75, 3.05) is 11.4 Å². The van der Waals surface area contributed by atoms with Gasteiger partial charge in [0.05, 0.1) is 0 Å². The predicted molar refractivity (Wildman–Crippen MR) is 86.9 cm³/mol. The summed E-state index contributed by atoms with van der Waals surface area (Å²) in [5.41, 5.74) is 2.77. The SMILES string of the molecule is CCN(Cc1c[nH]c2ccccc12)c1snc(Cl)c1C#N. The topological polar surface area (TPSA) is 55.7 Å². The Morgan fingerprint density at radius 1 is 1.43 bits per heavy atom. The molecule has 0 aliphatic rings. The average Bonchev–Trinajstić information content (AvgIpc) is 3.08. The Bertz CT molecular complexity index is 815. The van der Waals surface area contributed by atoms with Crippen LogP contribution in [0, 0.1) is 11.3 Å². The molecule has 0 atom stereocenters. The molecule has 0 bridgehead atoms. The van der Waals surface area contributed by atoms with Crippen LogP contribution < -0.4 is 4.90 Å². The second-order valence-corrected chi connectivity index (χ2v) is 5.75. The molecule has 2 aromatic heterocycles. The van der Waals surface area contributed by atoms with Gasteiger partial charge in [-0.05, 0) is 30.1 Å². The van der Waals surface area contributed by atoms with Crippen molar-refractivity contribution >= 4 is 39.0 Å². The number of benzene rings is 1. The monoisotopic (exact) mass is 316 g/mol. The summed E-state index contributed by atoms with van der Waals surface area (Å²) >= 11 is 7.24. The van der Waals surface area contributed by atoms with Gasteiger partial charge in [0.15, 0.2) is 5.15 Å². The van der Waals surface area contributed by atoms with Crippen molar-refractivity contribution in [3.8, 4) is 6.07 Å². The smallest absolute Gasteiger partial charge is 0.162 e. The summed E-state index contributed by atoms with van der Waals surface area (Å²) < 4.78 is 4.08. The van der Waals surface area contributed by atoms with Gasteiger partial charge in [0.2, 0.25) is 0 Å². The van der Waals surface area contributed by atoms with Gasteiger partial charge in [0.1, 0.15) is 16.6 Å². The third-order valence-corrected chi connectivity index (χ3v) is 4.73. The van der Waals surface area contributed by atoms with Crippen molar-refractivity contribution in [1.82, 2.24) is 9.36 Å². The number of aromatic amines is 1. The van der Waals surface area contributed by atoms with E-state index in [9.17, 15) is 5.26 Å². The second-order valence-electron chi connectivity index (χ2n) is 4.64. The van der Waals surface area contributed by atoms with Crippen LogP contribution in [0.3, 0.4) is 0 Å². The first-order valence-corrected chi connectivity index (χ1v) is 7.75. The molecular weight excluding hydrogens is 304 g/mol. The number of para-hydroxylation sites is 1. The van der Waals surface area contributed by atoms with Gasteiger partial charge in [-0.25, -0.2) is 0 Å². The van der Waals surface area contributed by atoms with E-state index in [4.69, 9.17) is 11.6 Å². The molecule has 3 rings (SSSR count). The largest absolute Gasteiger partial charge is 0.361 e. The van der Waals surface area contributed by atoms with Crippen molar-refractivity contribution in [3.05, 3.63) is 46.7 Å². The molecule has 0 saturated heterocycles. The van der Waals surface area contributed by atoms with E-state index in [0.29, 0.717) is 12.1 Å². The van der Waals surface area contributed by atoms with E-state index in [2.05, 4.69) is 39.4 Å². The fraction of sp³-hybridized carbons (Fsp3) is 0.200. The van der Waals surface area contributed by atoms with Crippen molar-refractivity contribution in [3.63, 3.8) is 0 Å². The molecule has 0 amide bonds. The molecule has 1 aromatic carbocycles. The number of anilines is 1. The van der Waals surface area contributed by atoms with Crippen LogP contribution >= 0.6 is 23.1 Å². The molecular formula is C15H13ClN4S. The maximum Gasteiger partial charge on any atom is 0.162 e. The fourth-order valence-corrected chi connectivity index (χ4v) is 3.46. The lowest BCUT2D eigenvalue weighted by atomic mass is 10.1. The molecule has 6 heteroatoms. The molecule has 3 aromatic rings. The Balaban J connectivity index is 1.96. The predicted octanol–water partition coefficient (Wildman–Crippen LogP) is 4.18. The van der Waals surface area contributed by atoms with Crippen molar-refractivity contribution in [1.29, 1.82) is 5.26 Å². The average molecular weight is 317 g/mol. The number of aromatic nitrogens is 2. The van der Waals surface area contributed by atoms with Gasteiger partial charge in [-0.15, -0.1) is 0 Å². The van der Waals surface area contributed by atoms with Crippen LogP contribution in [0.1, 0.15) is 18.1 Å². The molecule has 1 N–H and O–H groups in total. The number of halogens is 1. The lowest BCUT2D eigenvalue weighted by molar-refractivity contribution is 0.844. The summed E-state index contributed by atoms with van der Waals surface area (Å²) in [6, 6.07) is 10.3. The highest BCUT2D eigenvalue weighted by Gasteiger charge is 2.18. The molecule has 0 unspecified atom stereocenters. The minimum atomic E-state index is 0.287. The summed E-state index contributed by atoms with van der Waals surface area (Å²) in [6.07, 6.45) is 2.02. The number of rotatable bonds is 4. The molecule has 0 radical (unpaired) electrons. The van der Waals surface area contributed by atoms with E-state index in [1.165, 1.54) is 22.5 Å². The zero-order valence-electron chi connectivity index (χ0n) is 11.4. The molecule has 21 heavy (non-hydrogen) atoms. The van der Waals surface area contributed by atoms with Gasteiger partial charge in [0.25, 0.3) is 0 Å². The molecule has 0 aliphatic carbocycles. The lowest BCUT2D eigenvalue weighted by Gasteiger charge is -2.20.